The largest absolute Gasteiger partial charge is 0.444 e. The van der Waals surface area contributed by atoms with Crippen LogP contribution in [0, 0.1) is 11.7 Å². The molecule has 1 aliphatic carbocycles. The van der Waals surface area contributed by atoms with E-state index >= 15 is 0 Å². The smallest absolute Gasteiger partial charge is 0.410 e. The fourth-order valence-corrected chi connectivity index (χ4v) is 4.52. The topological polar surface area (TPSA) is 71.5 Å². The second-order valence-electron chi connectivity index (χ2n) is 8.53. The summed E-state index contributed by atoms with van der Waals surface area (Å²) in [6.45, 7) is 6.53. The van der Waals surface area contributed by atoms with Crippen molar-refractivity contribution in [3.05, 3.63) is 46.2 Å². The summed E-state index contributed by atoms with van der Waals surface area (Å²) in [5.41, 5.74) is 1.38. The molecular weight excluding hydrogens is 393 g/mol. The number of amides is 2. The first-order valence-corrected chi connectivity index (χ1v) is 10.5. The van der Waals surface area contributed by atoms with Crippen LogP contribution in [0.1, 0.15) is 49.2 Å². The van der Waals surface area contributed by atoms with Crippen LogP contribution < -0.4 is 5.32 Å². The number of rotatable bonds is 3. The van der Waals surface area contributed by atoms with E-state index in [2.05, 4.69) is 10.3 Å². The maximum atomic E-state index is 13.1. The summed E-state index contributed by atoms with van der Waals surface area (Å²) in [5.74, 6) is -0.314. The van der Waals surface area contributed by atoms with E-state index in [1.54, 1.807) is 17.0 Å². The fourth-order valence-electron chi connectivity index (χ4n) is 3.49. The maximum Gasteiger partial charge on any atom is 0.410 e. The van der Waals surface area contributed by atoms with Gasteiger partial charge in [0.1, 0.15) is 11.4 Å². The molecule has 2 atom stereocenters. The summed E-state index contributed by atoms with van der Waals surface area (Å²) >= 11 is 1.40. The summed E-state index contributed by atoms with van der Waals surface area (Å²) in [6.07, 6.45) is 1.07. The van der Waals surface area contributed by atoms with Crippen molar-refractivity contribution >= 4 is 28.5 Å². The van der Waals surface area contributed by atoms with Gasteiger partial charge in [-0.15, -0.1) is 0 Å². The molecule has 0 spiro atoms. The Morgan fingerprint density at radius 2 is 2.00 bits per heavy atom. The van der Waals surface area contributed by atoms with Crippen molar-refractivity contribution in [3.8, 4) is 0 Å². The van der Waals surface area contributed by atoms with Gasteiger partial charge in [0.25, 0.3) is 0 Å². The summed E-state index contributed by atoms with van der Waals surface area (Å²) in [5, 5.41) is 3.48. The minimum atomic E-state index is -0.532. The normalized spacial score (nSPS) is 20.8. The number of hydrogen-bond acceptors (Lipinski definition) is 5. The van der Waals surface area contributed by atoms with Crippen molar-refractivity contribution in [1.82, 2.24) is 9.88 Å². The molecule has 2 aliphatic rings. The molecule has 1 aliphatic heterocycles. The quantitative estimate of drug-likeness (QED) is 0.807. The molecule has 8 heteroatoms. The number of halogens is 1. The molecule has 1 fully saturated rings. The van der Waals surface area contributed by atoms with E-state index in [1.807, 2.05) is 20.8 Å². The van der Waals surface area contributed by atoms with Gasteiger partial charge in [0.15, 0.2) is 5.13 Å². The van der Waals surface area contributed by atoms with Gasteiger partial charge >= 0.3 is 6.09 Å². The number of benzene rings is 1. The number of hydrogen-bond donors (Lipinski definition) is 1. The number of ether oxygens (including phenoxy) is 1. The standard InChI is InChI=1S/C21H24FN3O3S/c1-21(2,3)28-20(27)25-9-8-16-17(11-25)29-19(23-16)24-18(26)15-10-14(15)12-4-6-13(22)7-5-12/h4-7,14-15H,8-11H2,1-3H3,(H,23,24,26). The summed E-state index contributed by atoms with van der Waals surface area (Å²) in [6, 6.07) is 6.32. The summed E-state index contributed by atoms with van der Waals surface area (Å²) in [4.78, 5) is 32.0. The molecule has 6 nitrogen and oxygen atoms in total. The zero-order valence-electron chi connectivity index (χ0n) is 16.7. The highest BCUT2D eigenvalue weighted by Gasteiger charge is 2.44. The van der Waals surface area contributed by atoms with Crippen LogP contribution in [0.2, 0.25) is 0 Å². The third kappa shape index (κ3) is 4.58. The average Bonchev–Trinajstić information content (AvgIpc) is 3.34. The SMILES string of the molecule is CC(C)(C)OC(=O)N1CCc2nc(NC(=O)C3CC3c3ccc(F)cc3)sc2C1. The van der Waals surface area contributed by atoms with Crippen LogP contribution in [0.3, 0.4) is 0 Å². The van der Waals surface area contributed by atoms with Gasteiger partial charge in [-0.25, -0.2) is 14.2 Å². The number of nitrogens with zero attached hydrogens (tertiary/aromatic N) is 2. The molecule has 29 heavy (non-hydrogen) atoms. The fraction of sp³-hybridized carbons (Fsp3) is 0.476. The Bertz CT molecular complexity index is 936. The van der Waals surface area contributed by atoms with Crippen molar-refractivity contribution in [3.63, 3.8) is 0 Å². The van der Waals surface area contributed by atoms with Crippen molar-refractivity contribution in [2.24, 2.45) is 5.92 Å². The van der Waals surface area contributed by atoms with Crippen LogP contribution in [-0.4, -0.2) is 34.0 Å². The third-order valence-corrected chi connectivity index (χ3v) is 6.04. The van der Waals surface area contributed by atoms with Gasteiger partial charge < -0.3 is 15.0 Å². The van der Waals surface area contributed by atoms with Crippen LogP contribution >= 0.6 is 11.3 Å². The molecule has 0 radical (unpaired) electrons. The van der Waals surface area contributed by atoms with Crippen LogP contribution in [0.4, 0.5) is 14.3 Å². The first kappa shape index (κ1) is 19.8. The predicted molar refractivity (Wildman–Crippen MR) is 108 cm³/mol. The van der Waals surface area contributed by atoms with E-state index in [4.69, 9.17) is 4.74 Å². The summed E-state index contributed by atoms with van der Waals surface area (Å²) in [7, 11) is 0. The Kier molecular flexibility index (Phi) is 5.06. The Morgan fingerprint density at radius 1 is 1.28 bits per heavy atom. The van der Waals surface area contributed by atoms with E-state index in [9.17, 15) is 14.0 Å². The lowest BCUT2D eigenvalue weighted by atomic mass is 10.1. The number of nitrogens with one attached hydrogen (secondary N) is 1. The number of aromatic nitrogens is 1. The van der Waals surface area contributed by atoms with Crippen molar-refractivity contribution < 1.29 is 18.7 Å². The molecule has 0 bridgehead atoms. The van der Waals surface area contributed by atoms with Gasteiger partial charge in [0.2, 0.25) is 5.91 Å². The van der Waals surface area contributed by atoms with Crippen LogP contribution in [0.25, 0.3) is 0 Å². The third-order valence-electron chi connectivity index (χ3n) is 5.04. The van der Waals surface area contributed by atoms with Gasteiger partial charge in [-0.2, -0.15) is 0 Å². The molecule has 2 aromatic rings. The molecule has 0 saturated heterocycles. The molecular formula is C21H24FN3O3S. The second kappa shape index (κ2) is 7.40. The molecule has 154 valence electrons. The highest BCUT2D eigenvalue weighted by atomic mass is 32.1. The lowest BCUT2D eigenvalue weighted by Gasteiger charge is -2.29. The number of fused-ring (bicyclic) bond motifs is 1. The minimum Gasteiger partial charge on any atom is -0.444 e. The lowest BCUT2D eigenvalue weighted by molar-refractivity contribution is -0.117. The minimum absolute atomic E-state index is 0.0607. The zero-order chi connectivity index (χ0) is 20.8. The van der Waals surface area contributed by atoms with Crippen LogP contribution in [0.5, 0.6) is 0 Å². The molecule has 1 saturated carbocycles. The van der Waals surface area contributed by atoms with Crippen LogP contribution in [-0.2, 0) is 22.5 Å². The number of carbonyl (C=O) groups is 2. The Morgan fingerprint density at radius 3 is 2.69 bits per heavy atom. The van der Waals surface area contributed by atoms with Gasteiger partial charge in [-0.1, -0.05) is 23.5 Å². The predicted octanol–water partition coefficient (Wildman–Crippen LogP) is 4.32. The Balaban J connectivity index is 1.36. The van der Waals surface area contributed by atoms with E-state index in [0.29, 0.717) is 24.6 Å². The van der Waals surface area contributed by atoms with Gasteiger partial charge in [-0.05, 0) is 50.8 Å². The lowest BCUT2D eigenvalue weighted by Crippen LogP contribution is -2.39. The highest BCUT2D eigenvalue weighted by molar-refractivity contribution is 7.15. The molecule has 2 amide bonds. The first-order chi connectivity index (χ1) is 13.7. The van der Waals surface area contributed by atoms with Gasteiger partial charge in [0, 0.05) is 23.8 Å². The second-order valence-corrected chi connectivity index (χ2v) is 9.61. The molecule has 1 aromatic heterocycles. The maximum absolute atomic E-state index is 13.1. The van der Waals surface area contributed by atoms with Crippen molar-refractivity contribution in [2.75, 3.05) is 11.9 Å². The van der Waals surface area contributed by atoms with Crippen molar-refractivity contribution in [1.29, 1.82) is 0 Å². The molecule has 1 aromatic carbocycles. The van der Waals surface area contributed by atoms with Gasteiger partial charge in [-0.3, -0.25) is 4.79 Å². The van der Waals surface area contributed by atoms with Gasteiger partial charge in [0.05, 0.1) is 12.2 Å². The van der Waals surface area contributed by atoms with E-state index < -0.39 is 5.60 Å². The highest BCUT2D eigenvalue weighted by Crippen LogP contribution is 2.48. The number of carbonyl (C=O) groups excluding carboxylic acids is 2. The van der Waals surface area contributed by atoms with Crippen LogP contribution in [0.15, 0.2) is 24.3 Å². The van der Waals surface area contributed by atoms with E-state index in [-0.39, 0.29) is 29.7 Å². The Hall–Kier alpha value is -2.48. The summed E-state index contributed by atoms with van der Waals surface area (Å²) < 4.78 is 18.5. The monoisotopic (exact) mass is 417 g/mol. The number of thiazole rings is 1. The zero-order valence-corrected chi connectivity index (χ0v) is 17.5. The number of anilines is 1. The molecule has 4 rings (SSSR count). The molecule has 2 unspecified atom stereocenters. The Labute approximate surface area is 173 Å². The van der Waals surface area contributed by atoms with E-state index in [1.165, 1.54) is 23.5 Å². The first-order valence-electron chi connectivity index (χ1n) is 9.72. The average molecular weight is 418 g/mol. The van der Waals surface area contributed by atoms with Crippen molar-refractivity contribution in [2.45, 2.75) is 51.7 Å². The molecule has 2 heterocycles. The molecule has 1 N–H and O–H groups in total. The van der Waals surface area contributed by atoms with E-state index in [0.717, 1.165) is 22.6 Å².